The van der Waals surface area contributed by atoms with Crippen molar-refractivity contribution < 1.29 is 26.7 Å². The van der Waals surface area contributed by atoms with Gasteiger partial charge in [0.1, 0.15) is 17.7 Å². The molecule has 0 spiro atoms. The van der Waals surface area contributed by atoms with Crippen LogP contribution in [0.15, 0.2) is 55.0 Å². The second-order valence-electron chi connectivity index (χ2n) is 11.2. The molecule has 3 aromatic rings. The highest BCUT2D eigenvalue weighted by molar-refractivity contribution is 5.93. The van der Waals surface area contributed by atoms with Crippen molar-refractivity contribution in [2.45, 2.75) is 89.5 Å². The summed E-state index contributed by atoms with van der Waals surface area (Å²) >= 11 is 0. The first-order valence-electron chi connectivity index (χ1n) is 14.2. The van der Waals surface area contributed by atoms with Gasteiger partial charge in [-0.05, 0) is 81.7 Å². The largest absolute Gasteiger partial charge is 0.407 e. The van der Waals surface area contributed by atoms with Crippen molar-refractivity contribution in [2.75, 3.05) is 11.9 Å². The molecule has 0 bridgehead atoms. The van der Waals surface area contributed by atoms with E-state index in [0.29, 0.717) is 18.7 Å². The predicted octanol–water partition coefficient (Wildman–Crippen LogP) is 6.81. The summed E-state index contributed by atoms with van der Waals surface area (Å²) in [5, 5.41) is 5.30. The Morgan fingerprint density at radius 3 is 2.45 bits per heavy atom. The molecule has 4 N–H and O–H groups in total. The monoisotopic (exact) mass is 593 g/mol. The maximum atomic E-state index is 13.5. The Kier molecular flexibility index (Phi) is 11.6. The van der Waals surface area contributed by atoms with E-state index in [4.69, 9.17) is 5.73 Å². The van der Waals surface area contributed by atoms with E-state index in [1.54, 1.807) is 35.3 Å². The Bertz CT molecular complexity index is 1290. The maximum Gasteiger partial charge on any atom is 0.407 e. The van der Waals surface area contributed by atoms with Crippen LogP contribution < -0.4 is 16.4 Å². The molecule has 1 aromatic heterocycles. The molecule has 1 amide bonds. The number of alkyl halides is 3. The number of amides is 1. The van der Waals surface area contributed by atoms with Crippen molar-refractivity contribution in [2.24, 2.45) is 5.73 Å². The number of imidazole rings is 1. The zero-order chi connectivity index (χ0) is 30.9. The molecule has 42 heavy (non-hydrogen) atoms. The number of anilines is 1. The number of carbonyl (C=O) groups is 1. The van der Waals surface area contributed by atoms with Crippen molar-refractivity contribution in [3.8, 4) is 0 Å². The van der Waals surface area contributed by atoms with Crippen LogP contribution in [-0.2, 0) is 23.2 Å². The number of nitrogens with zero attached hydrogens (tertiary/aromatic N) is 2. The fourth-order valence-electron chi connectivity index (χ4n) is 4.88. The number of halogens is 5. The van der Waals surface area contributed by atoms with Crippen LogP contribution in [0.25, 0.3) is 0 Å². The van der Waals surface area contributed by atoms with E-state index < -0.39 is 29.6 Å². The summed E-state index contributed by atoms with van der Waals surface area (Å²) in [6.07, 6.45) is 4.28. The fraction of sp³-hybridized carbons (Fsp3) is 0.484. The van der Waals surface area contributed by atoms with Gasteiger partial charge in [-0.15, -0.1) is 0 Å². The topological polar surface area (TPSA) is 85.0 Å². The smallest absolute Gasteiger partial charge is 0.330 e. The third-order valence-corrected chi connectivity index (χ3v) is 7.39. The van der Waals surface area contributed by atoms with Crippen LogP contribution in [0.3, 0.4) is 0 Å². The first kappa shape index (κ1) is 33.2. The second-order valence-corrected chi connectivity index (χ2v) is 11.2. The molecule has 4 rings (SSSR count). The van der Waals surface area contributed by atoms with E-state index in [1.807, 2.05) is 20.8 Å². The Hall–Kier alpha value is -3.31. The van der Waals surface area contributed by atoms with Gasteiger partial charge in [0.15, 0.2) is 5.82 Å². The number of rotatable bonds is 10. The van der Waals surface area contributed by atoms with Gasteiger partial charge in [0.25, 0.3) is 0 Å². The summed E-state index contributed by atoms with van der Waals surface area (Å²) in [7, 11) is 0. The Balaban J connectivity index is 0.000000332. The number of hydrogen-bond donors (Lipinski definition) is 3. The van der Waals surface area contributed by atoms with Gasteiger partial charge in [0.2, 0.25) is 5.91 Å². The van der Waals surface area contributed by atoms with E-state index in [0.717, 1.165) is 49.3 Å². The molecule has 2 aromatic carbocycles. The minimum atomic E-state index is -4.39. The number of fused-ring (bicyclic) bond motifs is 1. The molecule has 0 aliphatic heterocycles. The molecule has 0 saturated heterocycles. The van der Waals surface area contributed by atoms with Crippen LogP contribution in [0.4, 0.5) is 27.8 Å². The van der Waals surface area contributed by atoms with Crippen molar-refractivity contribution in [1.82, 2.24) is 14.9 Å². The molecule has 11 heteroatoms. The molecule has 0 saturated carbocycles. The standard InChI is InChI=1S/C21H30F3N5O.C10H10F2/c1-4-8-16(25)19(30)28-17-13-29(14-27-17)20(2,3)11-12-26-18(21(22,23)24)15-9-6-5-7-10-15;11-8-5-7-3-1-2-4-9(7)10(12)6-8/h5-7,9-10,13-14,16,18,26H,4,8,11-12,25H2,1-3H3,(H,28,30);5-6H,1-4H2. The minimum Gasteiger partial charge on any atom is -0.330 e. The third-order valence-electron chi connectivity index (χ3n) is 7.39. The van der Waals surface area contributed by atoms with Gasteiger partial charge in [-0.2, -0.15) is 13.2 Å². The predicted molar refractivity (Wildman–Crippen MR) is 154 cm³/mol. The molecular weight excluding hydrogens is 553 g/mol. The quantitative estimate of drug-likeness (QED) is 0.226. The van der Waals surface area contributed by atoms with Crippen LogP contribution >= 0.6 is 0 Å². The van der Waals surface area contributed by atoms with E-state index in [9.17, 15) is 26.7 Å². The van der Waals surface area contributed by atoms with Crippen LogP contribution in [-0.4, -0.2) is 34.2 Å². The molecule has 6 nitrogen and oxygen atoms in total. The zero-order valence-corrected chi connectivity index (χ0v) is 24.3. The number of benzene rings is 2. The Morgan fingerprint density at radius 2 is 1.79 bits per heavy atom. The minimum absolute atomic E-state index is 0.146. The lowest BCUT2D eigenvalue weighted by Gasteiger charge is -2.29. The average Bonchev–Trinajstić information content (AvgIpc) is 3.41. The molecular formula is C31H40F5N5O. The first-order chi connectivity index (χ1) is 19.8. The van der Waals surface area contributed by atoms with E-state index >= 15 is 0 Å². The van der Waals surface area contributed by atoms with Crippen molar-refractivity contribution in [3.63, 3.8) is 0 Å². The van der Waals surface area contributed by atoms with Gasteiger partial charge in [-0.25, -0.2) is 13.8 Å². The molecule has 1 heterocycles. The first-order valence-corrected chi connectivity index (χ1v) is 14.2. The normalized spacial score (nSPS) is 14.8. The zero-order valence-electron chi connectivity index (χ0n) is 24.3. The number of carbonyl (C=O) groups excluding carboxylic acids is 1. The number of hydrogen-bond acceptors (Lipinski definition) is 4. The van der Waals surface area contributed by atoms with Gasteiger partial charge in [-0.3, -0.25) is 4.79 Å². The van der Waals surface area contributed by atoms with Crippen molar-refractivity contribution in [3.05, 3.63) is 83.3 Å². The van der Waals surface area contributed by atoms with Crippen molar-refractivity contribution >= 4 is 11.7 Å². The second kappa shape index (κ2) is 14.7. The molecule has 0 radical (unpaired) electrons. The number of aromatic nitrogens is 2. The van der Waals surface area contributed by atoms with Gasteiger partial charge in [0, 0.05) is 17.8 Å². The number of nitrogens with one attached hydrogen (secondary N) is 2. The SMILES string of the molecule is CCCC(N)C(=O)Nc1cn(C(C)(C)CCNC(c2ccccc2)C(F)(F)F)cn1.Fc1cc(F)c2c(c1)CCCC2. The number of nitrogens with two attached hydrogens (primary N) is 1. The molecule has 0 fully saturated rings. The van der Waals surface area contributed by atoms with E-state index in [1.165, 1.54) is 18.2 Å². The highest BCUT2D eigenvalue weighted by atomic mass is 19.4. The van der Waals surface area contributed by atoms with Crippen molar-refractivity contribution in [1.29, 1.82) is 0 Å². The molecule has 2 atom stereocenters. The van der Waals surface area contributed by atoms with Crippen LogP contribution in [0.2, 0.25) is 0 Å². The lowest BCUT2D eigenvalue weighted by Crippen LogP contribution is -2.37. The van der Waals surface area contributed by atoms with Gasteiger partial charge < -0.3 is 20.9 Å². The molecule has 230 valence electrons. The van der Waals surface area contributed by atoms with Crippen LogP contribution in [0.5, 0.6) is 0 Å². The maximum absolute atomic E-state index is 13.5. The van der Waals surface area contributed by atoms with Gasteiger partial charge in [0.05, 0.1) is 12.4 Å². The molecule has 1 aliphatic carbocycles. The van der Waals surface area contributed by atoms with Gasteiger partial charge in [-0.1, -0.05) is 43.7 Å². The highest BCUT2D eigenvalue weighted by Crippen LogP contribution is 2.33. The average molecular weight is 594 g/mol. The summed E-state index contributed by atoms with van der Waals surface area (Å²) < 4.78 is 68.0. The van der Waals surface area contributed by atoms with E-state index in [-0.39, 0.29) is 23.8 Å². The molecule has 1 aliphatic rings. The lowest BCUT2D eigenvalue weighted by atomic mass is 9.91. The van der Waals surface area contributed by atoms with Gasteiger partial charge >= 0.3 is 6.18 Å². The highest BCUT2D eigenvalue weighted by Gasteiger charge is 2.40. The number of aryl methyl sites for hydroxylation is 1. The third kappa shape index (κ3) is 9.35. The molecule has 2 unspecified atom stereocenters. The van der Waals surface area contributed by atoms with E-state index in [2.05, 4.69) is 15.6 Å². The summed E-state index contributed by atoms with van der Waals surface area (Å²) in [5.74, 6) is -0.764. The lowest BCUT2D eigenvalue weighted by molar-refractivity contribution is -0.157. The summed E-state index contributed by atoms with van der Waals surface area (Å²) in [5.41, 5.74) is 7.05. The van der Waals surface area contributed by atoms with Crippen LogP contribution in [0.1, 0.15) is 75.6 Å². The fourth-order valence-corrected chi connectivity index (χ4v) is 4.88. The van der Waals surface area contributed by atoms with Crippen LogP contribution in [0, 0.1) is 11.6 Å². The summed E-state index contributed by atoms with van der Waals surface area (Å²) in [4.78, 5) is 16.2. The summed E-state index contributed by atoms with van der Waals surface area (Å²) in [6, 6.07) is 7.89. The summed E-state index contributed by atoms with van der Waals surface area (Å²) in [6.45, 7) is 5.89. The Morgan fingerprint density at radius 1 is 1.10 bits per heavy atom. The Labute approximate surface area is 243 Å².